The number of benzene rings is 1. The van der Waals surface area contributed by atoms with E-state index in [0.717, 1.165) is 0 Å². The maximum Gasteiger partial charge on any atom is 0.313 e. The summed E-state index contributed by atoms with van der Waals surface area (Å²) in [5, 5.41) is 11.1. The molecule has 0 spiro atoms. The first-order valence-electron chi connectivity index (χ1n) is 7.22. The molecule has 2 rings (SSSR count). The van der Waals surface area contributed by atoms with E-state index >= 15 is 0 Å². The van der Waals surface area contributed by atoms with Crippen LogP contribution in [0.1, 0.15) is 13.8 Å². The zero-order valence-electron chi connectivity index (χ0n) is 13.4. The van der Waals surface area contributed by atoms with Gasteiger partial charge in [-0.05, 0) is 31.9 Å². The number of hydrogen-bond donors (Lipinski definition) is 0. The molecule has 1 saturated heterocycles. The molecule has 0 saturated carbocycles. The van der Waals surface area contributed by atoms with Crippen molar-refractivity contribution in [1.82, 2.24) is 4.31 Å². The van der Waals surface area contributed by atoms with E-state index in [-0.39, 0.29) is 17.8 Å². The van der Waals surface area contributed by atoms with Gasteiger partial charge >= 0.3 is 5.97 Å². The number of methoxy groups -OCH3 is 1. The average Bonchev–Trinajstić information content (AvgIpc) is 2.54. The van der Waals surface area contributed by atoms with E-state index in [0.29, 0.717) is 24.6 Å². The van der Waals surface area contributed by atoms with Crippen LogP contribution in [0, 0.1) is 15.5 Å². The Bertz CT molecular complexity index is 593. The Morgan fingerprint density at radius 2 is 2.17 bits per heavy atom. The van der Waals surface area contributed by atoms with Crippen molar-refractivity contribution in [3.8, 4) is 0 Å². The summed E-state index contributed by atoms with van der Waals surface area (Å²) in [6.07, 6.45) is -0.334. The van der Waals surface area contributed by atoms with Crippen molar-refractivity contribution in [2.24, 2.45) is 5.41 Å². The van der Waals surface area contributed by atoms with Gasteiger partial charge in [0, 0.05) is 19.2 Å². The number of hydrogen-bond acceptors (Lipinski definition) is 7. The molecule has 7 nitrogen and oxygen atoms in total. The van der Waals surface area contributed by atoms with Crippen molar-refractivity contribution in [2.75, 3.05) is 26.8 Å². The van der Waals surface area contributed by atoms with Gasteiger partial charge in [-0.3, -0.25) is 14.9 Å². The van der Waals surface area contributed by atoms with Gasteiger partial charge < -0.3 is 9.47 Å². The lowest BCUT2D eigenvalue weighted by molar-refractivity contribution is -0.387. The highest BCUT2D eigenvalue weighted by Crippen LogP contribution is 2.35. The van der Waals surface area contributed by atoms with Crippen molar-refractivity contribution in [3.05, 3.63) is 34.4 Å². The minimum Gasteiger partial charge on any atom is -0.469 e. The zero-order valence-corrected chi connectivity index (χ0v) is 14.2. The summed E-state index contributed by atoms with van der Waals surface area (Å²) in [6, 6.07) is 6.62. The first-order chi connectivity index (χ1) is 10.9. The van der Waals surface area contributed by atoms with Crippen LogP contribution in [0.5, 0.6) is 0 Å². The first kappa shape index (κ1) is 17.7. The van der Waals surface area contributed by atoms with Gasteiger partial charge in [0.2, 0.25) is 0 Å². The molecule has 1 aromatic rings. The van der Waals surface area contributed by atoms with Crippen molar-refractivity contribution in [2.45, 2.75) is 24.8 Å². The molecule has 1 aromatic carbocycles. The van der Waals surface area contributed by atoms with Crippen LogP contribution in [0.3, 0.4) is 0 Å². The molecule has 1 fully saturated rings. The summed E-state index contributed by atoms with van der Waals surface area (Å²) in [6.45, 7) is 5.13. The van der Waals surface area contributed by atoms with Crippen molar-refractivity contribution in [3.63, 3.8) is 0 Å². The Hall–Kier alpha value is -1.64. The van der Waals surface area contributed by atoms with Crippen molar-refractivity contribution in [1.29, 1.82) is 0 Å². The summed E-state index contributed by atoms with van der Waals surface area (Å²) in [4.78, 5) is 23.2. The second-order valence-electron chi connectivity index (χ2n) is 5.78. The second kappa shape index (κ2) is 7.29. The maximum absolute atomic E-state index is 11.9. The summed E-state index contributed by atoms with van der Waals surface area (Å²) in [7, 11) is 1.35. The molecule has 1 unspecified atom stereocenters. The molecule has 1 aliphatic heterocycles. The van der Waals surface area contributed by atoms with Gasteiger partial charge in [-0.25, -0.2) is 4.31 Å². The van der Waals surface area contributed by atoms with Crippen LogP contribution in [0.15, 0.2) is 29.2 Å². The number of carbonyl (C=O) groups excluding carboxylic acids is 1. The second-order valence-corrected chi connectivity index (χ2v) is 6.92. The molecular formula is C15H20N2O5S. The van der Waals surface area contributed by atoms with Crippen molar-refractivity contribution < 1.29 is 19.2 Å². The Kier molecular flexibility index (Phi) is 5.61. The van der Waals surface area contributed by atoms with Crippen LogP contribution >= 0.6 is 11.9 Å². The van der Waals surface area contributed by atoms with Crippen LogP contribution in [0.2, 0.25) is 0 Å². The van der Waals surface area contributed by atoms with Gasteiger partial charge in [0.05, 0.1) is 30.2 Å². The van der Waals surface area contributed by atoms with Crippen LogP contribution in [-0.4, -0.2) is 48.1 Å². The molecule has 0 bridgehead atoms. The molecule has 8 heteroatoms. The molecule has 126 valence electrons. The quantitative estimate of drug-likeness (QED) is 0.352. The number of carbonyl (C=O) groups is 1. The van der Waals surface area contributed by atoms with Crippen molar-refractivity contribution >= 4 is 23.6 Å². The van der Waals surface area contributed by atoms with E-state index in [9.17, 15) is 14.9 Å². The Labute approximate surface area is 139 Å². The topological polar surface area (TPSA) is 81.9 Å². The number of nitro groups is 1. The number of nitrogens with zero attached hydrogens (tertiary/aromatic N) is 2. The standard InChI is InChI=1S/C15H20N2O5S/c1-15(2,14(18)21-3)13-10-16(8-9-22-13)23-12-7-5-4-6-11(12)17(19)20/h4-7,13H,8-10H2,1-3H3. The predicted octanol–water partition coefficient (Wildman–Crippen LogP) is 2.50. The third-order valence-corrected chi connectivity index (χ3v) is 4.97. The third-order valence-electron chi connectivity index (χ3n) is 3.84. The molecule has 0 aromatic heterocycles. The van der Waals surface area contributed by atoms with E-state index in [4.69, 9.17) is 9.47 Å². The van der Waals surface area contributed by atoms with Gasteiger partial charge in [-0.15, -0.1) is 0 Å². The van der Waals surface area contributed by atoms with E-state index < -0.39 is 10.3 Å². The largest absolute Gasteiger partial charge is 0.469 e. The molecular weight excluding hydrogens is 320 g/mol. The Balaban J connectivity index is 2.11. The van der Waals surface area contributed by atoms with Gasteiger partial charge in [0.15, 0.2) is 0 Å². The summed E-state index contributed by atoms with van der Waals surface area (Å²) >= 11 is 1.32. The van der Waals surface area contributed by atoms with E-state index in [2.05, 4.69) is 0 Å². The van der Waals surface area contributed by atoms with Crippen LogP contribution < -0.4 is 0 Å². The predicted molar refractivity (Wildman–Crippen MR) is 86.1 cm³/mol. The highest BCUT2D eigenvalue weighted by molar-refractivity contribution is 7.97. The van der Waals surface area contributed by atoms with Gasteiger partial charge in [0.1, 0.15) is 4.90 Å². The lowest BCUT2D eigenvalue weighted by Crippen LogP contribution is -2.49. The maximum atomic E-state index is 11.9. The van der Waals surface area contributed by atoms with Crippen LogP contribution in [0.4, 0.5) is 5.69 Å². The Morgan fingerprint density at radius 1 is 1.48 bits per heavy atom. The minimum absolute atomic E-state index is 0.0766. The monoisotopic (exact) mass is 340 g/mol. The summed E-state index contributed by atoms with van der Waals surface area (Å²) in [5.41, 5.74) is -0.705. The normalized spacial score (nSPS) is 19.3. The average molecular weight is 340 g/mol. The van der Waals surface area contributed by atoms with Gasteiger partial charge in [-0.2, -0.15) is 0 Å². The molecule has 0 radical (unpaired) electrons. The molecule has 0 N–H and O–H groups in total. The van der Waals surface area contributed by atoms with E-state index in [1.807, 2.05) is 4.31 Å². The molecule has 0 amide bonds. The lowest BCUT2D eigenvalue weighted by atomic mass is 9.86. The smallest absolute Gasteiger partial charge is 0.313 e. The highest BCUT2D eigenvalue weighted by Gasteiger charge is 2.41. The zero-order chi connectivity index (χ0) is 17.0. The fraction of sp³-hybridized carbons (Fsp3) is 0.533. The molecule has 0 aliphatic carbocycles. The number of ether oxygens (including phenoxy) is 2. The van der Waals surface area contributed by atoms with E-state index in [1.54, 1.807) is 32.0 Å². The van der Waals surface area contributed by atoms with Crippen LogP contribution in [-0.2, 0) is 14.3 Å². The first-order valence-corrected chi connectivity index (χ1v) is 8.00. The van der Waals surface area contributed by atoms with Gasteiger partial charge in [-0.1, -0.05) is 12.1 Å². The summed E-state index contributed by atoms with van der Waals surface area (Å²) < 4.78 is 12.5. The molecule has 23 heavy (non-hydrogen) atoms. The SMILES string of the molecule is COC(=O)C(C)(C)C1CN(Sc2ccccc2[N+](=O)[O-])CCO1. The number of rotatable bonds is 5. The van der Waals surface area contributed by atoms with Gasteiger partial charge in [0.25, 0.3) is 5.69 Å². The van der Waals surface area contributed by atoms with E-state index in [1.165, 1.54) is 25.1 Å². The molecule has 1 atom stereocenters. The Morgan fingerprint density at radius 3 is 2.83 bits per heavy atom. The van der Waals surface area contributed by atoms with Crippen LogP contribution in [0.25, 0.3) is 0 Å². The number of esters is 1. The third kappa shape index (κ3) is 4.01. The number of morpholine rings is 1. The molecule has 1 aliphatic rings. The minimum atomic E-state index is -0.781. The fourth-order valence-corrected chi connectivity index (χ4v) is 3.39. The highest BCUT2D eigenvalue weighted by atomic mass is 32.2. The fourth-order valence-electron chi connectivity index (χ4n) is 2.36. The number of para-hydroxylation sites is 1. The summed E-state index contributed by atoms with van der Waals surface area (Å²) in [5.74, 6) is -0.333. The number of nitro benzene ring substituents is 1. The molecule has 1 heterocycles. The lowest BCUT2D eigenvalue weighted by Gasteiger charge is -2.38.